The van der Waals surface area contributed by atoms with Crippen LogP contribution in [0.2, 0.25) is 0 Å². The zero-order valence-electron chi connectivity index (χ0n) is 16.0. The fraction of sp³-hybridized carbons (Fsp3) is 0.115. The summed E-state index contributed by atoms with van der Waals surface area (Å²) in [5, 5.41) is 11.4. The van der Waals surface area contributed by atoms with Crippen molar-refractivity contribution < 1.29 is 14.6 Å². The van der Waals surface area contributed by atoms with E-state index in [9.17, 15) is 4.79 Å². The fourth-order valence-electron chi connectivity index (χ4n) is 3.43. The Kier molecular flexibility index (Phi) is 5.57. The van der Waals surface area contributed by atoms with Crippen LogP contribution >= 0.6 is 0 Å². The van der Waals surface area contributed by atoms with Crippen LogP contribution in [0.5, 0.6) is 5.75 Å². The van der Waals surface area contributed by atoms with E-state index in [1.165, 1.54) is 5.39 Å². The van der Waals surface area contributed by atoms with Crippen LogP contribution in [-0.2, 0) is 17.8 Å². The van der Waals surface area contributed by atoms with Gasteiger partial charge in [-0.25, -0.2) is 0 Å². The second-order valence-electron chi connectivity index (χ2n) is 7.06. The highest BCUT2D eigenvalue weighted by Crippen LogP contribution is 2.34. The minimum absolute atomic E-state index is 0.112. The molecular weight excluding hydrogens is 360 g/mol. The van der Waals surface area contributed by atoms with Gasteiger partial charge in [0.2, 0.25) is 0 Å². The van der Waals surface area contributed by atoms with E-state index in [1.54, 1.807) is 0 Å². The summed E-state index contributed by atoms with van der Waals surface area (Å²) in [6.07, 6.45) is 0.607. The maximum absolute atomic E-state index is 11.0. The van der Waals surface area contributed by atoms with Gasteiger partial charge in [-0.1, -0.05) is 72.8 Å². The molecule has 0 fully saturated rings. The molecule has 29 heavy (non-hydrogen) atoms. The zero-order valence-corrected chi connectivity index (χ0v) is 16.0. The van der Waals surface area contributed by atoms with Gasteiger partial charge in [0.05, 0.1) is 0 Å². The van der Waals surface area contributed by atoms with Gasteiger partial charge < -0.3 is 9.84 Å². The topological polar surface area (TPSA) is 46.5 Å². The quantitative estimate of drug-likeness (QED) is 0.420. The van der Waals surface area contributed by atoms with Crippen LogP contribution in [0.4, 0.5) is 0 Å². The lowest BCUT2D eigenvalue weighted by molar-refractivity contribution is -0.136. The van der Waals surface area contributed by atoms with Crippen molar-refractivity contribution in [2.75, 3.05) is 0 Å². The first-order valence-corrected chi connectivity index (χ1v) is 9.70. The summed E-state index contributed by atoms with van der Waals surface area (Å²) in [4.78, 5) is 11.0. The molecule has 0 bridgehead atoms. The lowest BCUT2D eigenvalue weighted by atomic mass is 9.97. The Morgan fingerprint density at radius 2 is 1.52 bits per heavy atom. The number of fused-ring (bicyclic) bond motifs is 1. The highest BCUT2D eigenvalue weighted by Gasteiger charge is 2.10. The van der Waals surface area contributed by atoms with E-state index in [0.717, 1.165) is 33.4 Å². The molecule has 0 aromatic heterocycles. The molecule has 0 aliphatic rings. The molecule has 0 atom stereocenters. The van der Waals surface area contributed by atoms with Crippen molar-refractivity contribution in [1.82, 2.24) is 0 Å². The third-order valence-electron chi connectivity index (χ3n) is 4.97. The molecular formula is C26H22O3. The number of aliphatic carboxylic acids is 1. The first-order chi connectivity index (χ1) is 14.2. The van der Waals surface area contributed by atoms with Gasteiger partial charge in [-0.3, -0.25) is 4.79 Å². The van der Waals surface area contributed by atoms with Gasteiger partial charge in [0.1, 0.15) is 12.4 Å². The van der Waals surface area contributed by atoms with Gasteiger partial charge in [-0.2, -0.15) is 0 Å². The Morgan fingerprint density at radius 3 is 2.31 bits per heavy atom. The molecule has 1 N–H and O–H groups in total. The molecule has 0 aliphatic carbocycles. The summed E-state index contributed by atoms with van der Waals surface area (Å²) >= 11 is 0. The second kappa shape index (κ2) is 8.61. The average molecular weight is 382 g/mol. The number of benzene rings is 4. The number of rotatable bonds is 7. The van der Waals surface area contributed by atoms with E-state index < -0.39 is 5.97 Å². The Bertz CT molecular complexity index is 1130. The van der Waals surface area contributed by atoms with E-state index >= 15 is 0 Å². The minimum atomic E-state index is -0.790. The molecule has 0 amide bonds. The molecule has 3 heteroatoms. The number of carboxylic acid groups (broad SMARTS) is 1. The van der Waals surface area contributed by atoms with Gasteiger partial charge in [0.15, 0.2) is 0 Å². The number of carboxylic acids is 1. The van der Waals surface area contributed by atoms with Crippen LogP contribution < -0.4 is 4.74 Å². The molecule has 3 nitrogen and oxygen atoms in total. The SMILES string of the molecule is O=C(O)CCc1ccc(OCc2ccccc2)c(-c2ccc3ccccc3c2)c1. The highest BCUT2D eigenvalue weighted by molar-refractivity contribution is 5.88. The number of aryl methyl sites for hydroxylation is 1. The van der Waals surface area contributed by atoms with Crippen LogP contribution in [0.25, 0.3) is 21.9 Å². The van der Waals surface area contributed by atoms with Crippen LogP contribution in [0.3, 0.4) is 0 Å². The van der Waals surface area contributed by atoms with Gasteiger partial charge in [0.25, 0.3) is 0 Å². The van der Waals surface area contributed by atoms with Crippen molar-refractivity contribution in [2.24, 2.45) is 0 Å². The first-order valence-electron chi connectivity index (χ1n) is 9.70. The predicted molar refractivity (Wildman–Crippen MR) is 116 cm³/mol. The summed E-state index contributed by atoms with van der Waals surface area (Å²) < 4.78 is 6.15. The first kappa shape index (κ1) is 18.8. The van der Waals surface area contributed by atoms with Crippen molar-refractivity contribution in [3.63, 3.8) is 0 Å². The molecule has 0 saturated carbocycles. The lowest BCUT2D eigenvalue weighted by Crippen LogP contribution is -2.00. The Hall–Kier alpha value is -3.59. The lowest BCUT2D eigenvalue weighted by Gasteiger charge is -2.14. The van der Waals surface area contributed by atoms with Crippen molar-refractivity contribution in [1.29, 1.82) is 0 Å². The molecule has 0 saturated heterocycles. The van der Waals surface area contributed by atoms with E-state index in [4.69, 9.17) is 9.84 Å². The maximum Gasteiger partial charge on any atom is 0.303 e. The molecule has 0 unspecified atom stereocenters. The average Bonchev–Trinajstić information content (AvgIpc) is 2.77. The van der Waals surface area contributed by atoms with Crippen LogP contribution in [-0.4, -0.2) is 11.1 Å². The standard InChI is InChI=1S/C26H22O3/c27-26(28)15-11-19-10-14-25(29-18-20-6-2-1-3-7-20)24(16-19)23-13-12-21-8-4-5-9-22(21)17-23/h1-10,12-14,16-17H,11,15,18H2,(H,27,28). The van der Waals surface area contributed by atoms with Crippen molar-refractivity contribution in [2.45, 2.75) is 19.4 Å². The normalized spacial score (nSPS) is 10.8. The van der Waals surface area contributed by atoms with Crippen molar-refractivity contribution in [3.05, 3.63) is 102 Å². The molecule has 4 aromatic carbocycles. The van der Waals surface area contributed by atoms with Crippen molar-refractivity contribution in [3.8, 4) is 16.9 Å². The fourth-order valence-corrected chi connectivity index (χ4v) is 3.43. The molecule has 0 radical (unpaired) electrons. The monoisotopic (exact) mass is 382 g/mol. The third-order valence-corrected chi connectivity index (χ3v) is 4.97. The number of carbonyl (C=O) groups is 1. The summed E-state index contributed by atoms with van der Waals surface area (Å²) in [6, 6.07) is 30.6. The van der Waals surface area contributed by atoms with Crippen LogP contribution in [0.1, 0.15) is 17.5 Å². The van der Waals surface area contributed by atoms with Gasteiger partial charge in [0, 0.05) is 12.0 Å². The number of ether oxygens (including phenoxy) is 1. The molecule has 0 aliphatic heterocycles. The minimum Gasteiger partial charge on any atom is -0.488 e. The molecule has 4 rings (SSSR count). The molecule has 144 valence electrons. The van der Waals surface area contributed by atoms with Gasteiger partial charge in [-0.15, -0.1) is 0 Å². The summed E-state index contributed by atoms with van der Waals surface area (Å²) in [5.74, 6) is 0.00451. The Labute approximate surface area is 170 Å². The molecule has 4 aromatic rings. The maximum atomic E-state index is 11.0. The largest absolute Gasteiger partial charge is 0.488 e. The highest BCUT2D eigenvalue weighted by atomic mass is 16.5. The number of hydrogen-bond donors (Lipinski definition) is 1. The van der Waals surface area contributed by atoms with Gasteiger partial charge >= 0.3 is 5.97 Å². The van der Waals surface area contributed by atoms with E-state index in [-0.39, 0.29) is 6.42 Å². The predicted octanol–water partition coefficient (Wildman–Crippen LogP) is 6.10. The van der Waals surface area contributed by atoms with E-state index in [0.29, 0.717) is 13.0 Å². The summed E-state index contributed by atoms with van der Waals surface area (Å²) in [7, 11) is 0. The van der Waals surface area contributed by atoms with E-state index in [2.05, 4.69) is 30.3 Å². The molecule has 0 spiro atoms. The third kappa shape index (κ3) is 4.64. The second-order valence-corrected chi connectivity index (χ2v) is 7.06. The zero-order chi connectivity index (χ0) is 20.1. The molecule has 0 heterocycles. The van der Waals surface area contributed by atoms with E-state index in [1.807, 2.05) is 60.7 Å². The Morgan fingerprint density at radius 1 is 0.759 bits per heavy atom. The Balaban J connectivity index is 1.70. The summed E-state index contributed by atoms with van der Waals surface area (Å²) in [5.41, 5.74) is 4.13. The van der Waals surface area contributed by atoms with Crippen molar-refractivity contribution >= 4 is 16.7 Å². The summed E-state index contributed by atoms with van der Waals surface area (Å²) in [6.45, 7) is 0.482. The van der Waals surface area contributed by atoms with Crippen LogP contribution in [0.15, 0.2) is 91.0 Å². The van der Waals surface area contributed by atoms with Gasteiger partial charge in [-0.05, 0) is 52.1 Å². The number of hydrogen-bond acceptors (Lipinski definition) is 2. The smallest absolute Gasteiger partial charge is 0.303 e. The van der Waals surface area contributed by atoms with Crippen LogP contribution in [0, 0.1) is 0 Å².